The van der Waals surface area contributed by atoms with Crippen molar-refractivity contribution in [1.82, 2.24) is 4.98 Å². The van der Waals surface area contributed by atoms with Gasteiger partial charge in [-0.25, -0.2) is 13.2 Å². The lowest BCUT2D eigenvalue weighted by atomic mass is 10.0. The predicted molar refractivity (Wildman–Crippen MR) is 117 cm³/mol. The average Bonchev–Trinajstić information content (AvgIpc) is 3.09. The van der Waals surface area contributed by atoms with E-state index in [9.17, 15) is 27.6 Å². The lowest BCUT2D eigenvalue weighted by molar-refractivity contribution is 0.0473. The molecule has 8 nitrogen and oxygen atoms in total. The molecule has 0 bridgehead atoms. The lowest BCUT2D eigenvalue weighted by Crippen LogP contribution is -2.21. The van der Waals surface area contributed by atoms with Crippen LogP contribution in [0.15, 0.2) is 52.3 Å². The molecule has 0 unspecified atom stereocenters. The van der Waals surface area contributed by atoms with Gasteiger partial charge < -0.3 is 9.72 Å². The SMILES string of the molecule is CC(=O)c1c(C)[nH]c(C(=O)COC(=O)c2ccc3c(c2)S(=O)(=O)c2ccccc2C3=O)c1C. The number of aryl methyl sites for hydroxylation is 1. The van der Waals surface area contributed by atoms with Crippen molar-refractivity contribution < 1.29 is 32.3 Å². The van der Waals surface area contributed by atoms with E-state index in [2.05, 4.69) is 4.98 Å². The van der Waals surface area contributed by atoms with Crippen LogP contribution < -0.4 is 0 Å². The molecular formula is C24H19NO7S. The zero-order valence-electron chi connectivity index (χ0n) is 18.0. The van der Waals surface area contributed by atoms with Crippen LogP contribution in [0.25, 0.3) is 0 Å². The van der Waals surface area contributed by atoms with Crippen molar-refractivity contribution >= 4 is 33.2 Å². The van der Waals surface area contributed by atoms with Crippen LogP contribution in [0.3, 0.4) is 0 Å². The number of ketones is 3. The van der Waals surface area contributed by atoms with Crippen LogP contribution in [0.2, 0.25) is 0 Å². The molecule has 168 valence electrons. The van der Waals surface area contributed by atoms with Crippen LogP contribution in [-0.2, 0) is 14.6 Å². The molecule has 0 saturated carbocycles. The number of aromatic amines is 1. The standard InChI is InChI=1S/C24H19NO7S/c1-12-21(14(3)26)13(2)25-22(12)18(27)11-32-24(29)15-8-9-17-20(10-15)33(30,31)19-7-5-4-6-16(19)23(17)28/h4-10,25H,11H2,1-3H3. The number of ether oxygens (including phenoxy) is 1. The van der Waals surface area contributed by atoms with Crippen molar-refractivity contribution in [2.24, 2.45) is 0 Å². The van der Waals surface area contributed by atoms with Crippen LogP contribution in [0.1, 0.15) is 65.3 Å². The van der Waals surface area contributed by atoms with Gasteiger partial charge in [0.05, 0.1) is 21.0 Å². The summed E-state index contributed by atoms with van der Waals surface area (Å²) in [5.41, 5.74) is 1.53. The highest BCUT2D eigenvalue weighted by atomic mass is 32.2. The van der Waals surface area contributed by atoms with Gasteiger partial charge in [-0.15, -0.1) is 0 Å². The van der Waals surface area contributed by atoms with E-state index in [1.807, 2.05) is 0 Å². The second-order valence-corrected chi connectivity index (χ2v) is 9.61. The molecule has 33 heavy (non-hydrogen) atoms. The highest BCUT2D eigenvalue weighted by Gasteiger charge is 2.35. The van der Waals surface area contributed by atoms with Gasteiger partial charge in [-0.3, -0.25) is 14.4 Å². The molecule has 0 aliphatic carbocycles. The highest BCUT2D eigenvalue weighted by molar-refractivity contribution is 7.91. The van der Waals surface area contributed by atoms with Gasteiger partial charge in [0.15, 0.2) is 18.2 Å². The molecule has 0 fully saturated rings. The molecule has 3 aromatic rings. The van der Waals surface area contributed by atoms with Gasteiger partial charge in [0.1, 0.15) is 0 Å². The Bertz CT molecular complexity index is 1480. The minimum Gasteiger partial charge on any atom is -0.454 e. The van der Waals surface area contributed by atoms with Crippen LogP contribution in [0, 0.1) is 13.8 Å². The number of nitrogens with one attached hydrogen (secondary N) is 1. The first-order valence-electron chi connectivity index (χ1n) is 9.97. The van der Waals surface area contributed by atoms with Crippen LogP contribution >= 0.6 is 0 Å². The molecule has 2 aromatic carbocycles. The number of carbonyl (C=O) groups excluding carboxylic acids is 4. The maximum Gasteiger partial charge on any atom is 0.338 e. The van der Waals surface area contributed by atoms with E-state index in [0.717, 1.165) is 6.07 Å². The van der Waals surface area contributed by atoms with Crippen molar-refractivity contribution in [3.63, 3.8) is 0 Å². The van der Waals surface area contributed by atoms with Crippen molar-refractivity contribution in [3.8, 4) is 0 Å². The molecule has 1 aliphatic heterocycles. The Morgan fingerprint density at radius 3 is 2.30 bits per heavy atom. The summed E-state index contributed by atoms with van der Waals surface area (Å²) < 4.78 is 31.1. The van der Waals surface area contributed by atoms with Gasteiger partial charge in [0.25, 0.3) is 0 Å². The number of rotatable bonds is 5. The highest BCUT2D eigenvalue weighted by Crippen LogP contribution is 2.34. The van der Waals surface area contributed by atoms with Gasteiger partial charge in [-0.1, -0.05) is 12.1 Å². The third kappa shape index (κ3) is 3.60. The maximum absolute atomic E-state index is 13.0. The first-order valence-corrected chi connectivity index (χ1v) is 11.5. The number of esters is 1. The van der Waals surface area contributed by atoms with Gasteiger partial charge in [-0.05, 0) is 56.7 Å². The number of aromatic nitrogens is 1. The number of Topliss-reactive ketones (excluding diaryl/α,β-unsaturated/α-hetero) is 2. The molecule has 0 atom stereocenters. The quantitative estimate of drug-likeness (QED) is 0.354. The summed E-state index contributed by atoms with van der Waals surface area (Å²) >= 11 is 0. The molecule has 1 aromatic heterocycles. The molecular weight excluding hydrogens is 446 g/mol. The van der Waals surface area contributed by atoms with Gasteiger partial charge >= 0.3 is 5.97 Å². The zero-order valence-corrected chi connectivity index (χ0v) is 18.8. The number of H-pyrrole nitrogens is 1. The van der Waals surface area contributed by atoms with Crippen LogP contribution in [0.4, 0.5) is 0 Å². The normalized spacial score (nSPS) is 13.7. The first-order chi connectivity index (χ1) is 15.5. The molecule has 0 radical (unpaired) electrons. The molecule has 1 aliphatic rings. The number of benzene rings is 2. The fourth-order valence-electron chi connectivity index (χ4n) is 4.05. The van der Waals surface area contributed by atoms with E-state index in [0.29, 0.717) is 16.8 Å². The van der Waals surface area contributed by atoms with Gasteiger partial charge in [-0.2, -0.15) is 0 Å². The molecule has 2 heterocycles. The van der Waals surface area contributed by atoms with Crippen molar-refractivity contribution in [1.29, 1.82) is 0 Å². The Labute approximate surface area is 189 Å². The van der Waals surface area contributed by atoms with Gasteiger partial charge in [0.2, 0.25) is 15.6 Å². The molecule has 9 heteroatoms. The minimum atomic E-state index is -4.01. The van der Waals surface area contributed by atoms with Crippen molar-refractivity contribution in [3.05, 3.63) is 81.7 Å². The Hall–Kier alpha value is -3.85. The summed E-state index contributed by atoms with van der Waals surface area (Å²) in [7, 11) is -4.01. The van der Waals surface area contributed by atoms with E-state index in [4.69, 9.17) is 4.74 Å². The summed E-state index contributed by atoms with van der Waals surface area (Å²) in [6, 6.07) is 9.50. The first kappa shape index (κ1) is 22.3. The second-order valence-electron chi connectivity index (χ2n) is 7.72. The molecule has 0 spiro atoms. The monoisotopic (exact) mass is 465 g/mol. The Kier molecular flexibility index (Phi) is 5.37. The van der Waals surface area contributed by atoms with Crippen LogP contribution in [-0.4, -0.2) is 43.3 Å². The molecule has 4 rings (SSSR count). The van der Waals surface area contributed by atoms with Crippen molar-refractivity contribution in [2.45, 2.75) is 30.6 Å². The summed E-state index contributed by atoms with van der Waals surface area (Å²) in [6.45, 7) is 4.07. The Morgan fingerprint density at radius 1 is 0.970 bits per heavy atom. The largest absolute Gasteiger partial charge is 0.454 e. The predicted octanol–water partition coefficient (Wildman–Crippen LogP) is 3.25. The Morgan fingerprint density at radius 2 is 1.64 bits per heavy atom. The molecule has 1 N–H and O–H groups in total. The fourth-order valence-corrected chi connectivity index (χ4v) is 5.73. The van der Waals surface area contributed by atoms with E-state index >= 15 is 0 Å². The minimum absolute atomic E-state index is 0.0319. The van der Waals surface area contributed by atoms with Gasteiger partial charge in [0, 0.05) is 22.4 Å². The van der Waals surface area contributed by atoms with E-state index < -0.39 is 34.0 Å². The van der Waals surface area contributed by atoms with E-state index in [1.165, 1.54) is 37.3 Å². The van der Waals surface area contributed by atoms with E-state index in [1.54, 1.807) is 19.9 Å². The zero-order chi connectivity index (χ0) is 24.1. The number of hydrogen-bond donors (Lipinski definition) is 1. The number of hydrogen-bond acceptors (Lipinski definition) is 7. The summed E-state index contributed by atoms with van der Waals surface area (Å²) in [4.78, 5) is 52.0. The second kappa shape index (κ2) is 7.93. The Balaban J connectivity index is 1.58. The van der Waals surface area contributed by atoms with Crippen LogP contribution in [0.5, 0.6) is 0 Å². The van der Waals surface area contributed by atoms with Crippen molar-refractivity contribution in [2.75, 3.05) is 6.61 Å². The average molecular weight is 465 g/mol. The third-order valence-corrected chi connectivity index (χ3v) is 7.43. The smallest absolute Gasteiger partial charge is 0.338 e. The lowest BCUT2D eigenvalue weighted by Gasteiger charge is -2.19. The van der Waals surface area contributed by atoms with E-state index in [-0.39, 0.29) is 38.0 Å². The summed E-state index contributed by atoms with van der Waals surface area (Å²) in [5, 5.41) is 0. The number of fused-ring (bicyclic) bond motifs is 2. The number of carbonyl (C=O) groups is 4. The maximum atomic E-state index is 13.0. The fraction of sp³-hybridized carbons (Fsp3) is 0.167. The molecule has 0 saturated heterocycles. The summed E-state index contributed by atoms with van der Waals surface area (Å²) in [6.07, 6.45) is 0. The topological polar surface area (TPSA) is 127 Å². The third-order valence-electron chi connectivity index (χ3n) is 5.58. The summed E-state index contributed by atoms with van der Waals surface area (Å²) in [5.74, 6) is -2.10. The molecule has 0 amide bonds. The number of sulfone groups is 1.